The third-order valence-corrected chi connectivity index (χ3v) is 4.46. The van der Waals surface area contributed by atoms with Gasteiger partial charge in [0, 0.05) is 6.42 Å². The van der Waals surface area contributed by atoms with E-state index in [4.69, 9.17) is 21.6 Å². The van der Waals surface area contributed by atoms with Gasteiger partial charge in [0.25, 0.3) is 0 Å². The molecule has 0 amide bonds. The monoisotopic (exact) mass is 363 g/mol. The van der Waals surface area contributed by atoms with Gasteiger partial charge in [-0.2, -0.15) is 5.26 Å². The van der Waals surface area contributed by atoms with Gasteiger partial charge in [0.05, 0.1) is 18.2 Å². The number of carbonyl (C=O) groups is 1. The Morgan fingerprint density at radius 3 is 1.80 bits per heavy atom. The molecule has 1 aromatic rings. The van der Waals surface area contributed by atoms with Gasteiger partial charge in [0.2, 0.25) is 5.24 Å². The zero-order chi connectivity index (χ0) is 18.2. The van der Waals surface area contributed by atoms with Crippen LogP contribution in [0.1, 0.15) is 82.6 Å². The Labute approximate surface area is 157 Å². The van der Waals surface area contributed by atoms with Crippen molar-refractivity contribution in [1.29, 1.82) is 5.26 Å². The third kappa shape index (κ3) is 12.5. The standard InChI is InChI=1S/C21H30ClNO2/c22-21(24)12-10-8-6-4-2-1-3-5-7-9-11-17-25-20-15-13-19(18-23)14-16-20/h13-16H,1-12,17H2. The summed E-state index contributed by atoms with van der Waals surface area (Å²) in [4.78, 5) is 10.6. The summed E-state index contributed by atoms with van der Waals surface area (Å²) in [6.45, 7) is 0.747. The van der Waals surface area contributed by atoms with E-state index >= 15 is 0 Å². The van der Waals surface area contributed by atoms with E-state index in [2.05, 4.69) is 6.07 Å². The molecule has 0 heterocycles. The second-order valence-corrected chi connectivity index (χ2v) is 6.90. The SMILES string of the molecule is N#Cc1ccc(OCCCCCCCCCCCCCC(=O)Cl)cc1. The number of ether oxygens (including phenoxy) is 1. The van der Waals surface area contributed by atoms with Crippen molar-refractivity contribution in [3.8, 4) is 11.8 Å². The Hall–Kier alpha value is -1.53. The third-order valence-electron chi connectivity index (χ3n) is 4.27. The minimum absolute atomic E-state index is 0.206. The van der Waals surface area contributed by atoms with Crippen molar-refractivity contribution in [2.45, 2.75) is 77.0 Å². The molecule has 0 aliphatic heterocycles. The molecule has 0 fully saturated rings. The van der Waals surface area contributed by atoms with Crippen molar-refractivity contribution in [3.05, 3.63) is 29.8 Å². The molecular weight excluding hydrogens is 334 g/mol. The molecule has 0 unspecified atom stereocenters. The van der Waals surface area contributed by atoms with E-state index in [1.807, 2.05) is 12.1 Å². The summed E-state index contributed by atoms with van der Waals surface area (Å²) in [6, 6.07) is 9.38. The number of carbonyl (C=O) groups excluding carboxylic acids is 1. The minimum atomic E-state index is -0.206. The van der Waals surface area contributed by atoms with Crippen LogP contribution in [-0.4, -0.2) is 11.8 Å². The van der Waals surface area contributed by atoms with Crippen molar-refractivity contribution in [2.24, 2.45) is 0 Å². The Balaban J connectivity index is 1.81. The Morgan fingerprint density at radius 1 is 0.840 bits per heavy atom. The number of benzene rings is 1. The molecule has 4 heteroatoms. The number of rotatable bonds is 15. The smallest absolute Gasteiger partial charge is 0.221 e. The molecule has 0 atom stereocenters. The average molecular weight is 364 g/mol. The molecule has 0 spiro atoms. The zero-order valence-electron chi connectivity index (χ0n) is 15.1. The van der Waals surface area contributed by atoms with Gasteiger partial charge in [-0.05, 0) is 48.7 Å². The van der Waals surface area contributed by atoms with Crippen LogP contribution in [0, 0.1) is 11.3 Å². The quantitative estimate of drug-likeness (QED) is 0.268. The Morgan fingerprint density at radius 2 is 1.32 bits per heavy atom. The summed E-state index contributed by atoms with van der Waals surface area (Å²) in [5.41, 5.74) is 0.665. The molecular formula is C21H30ClNO2. The number of nitrogens with zero attached hydrogens (tertiary/aromatic N) is 1. The zero-order valence-corrected chi connectivity index (χ0v) is 15.9. The summed E-state index contributed by atoms with van der Waals surface area (Å²) >= 11 is 5.31. The molecule has 0 saturated carbocycles. The van der Waals surface area contributed by atoms with Gasteiger partial charge >= 0.3 is 0 Å². The molecule has 1 aromatic carbocycles. The van der Waals surface area contributed by atoms with Gasteiger partial charge in [0.1, 0.15) is 5.75 Å². The summed E-state index contributed by atoms with van der Waals surface area (Å²) < 4.78 is 5.67. The van der Waals surface area contributed by atoms with E-state index in [1.165, 1.54) is 51.4 Å². The number of hydrogen-bond donors (Lipinski definition) is 0. The highest BCUT2D eigenvalue weighted by atomic mass is 35.5. The lowest BCUT2D eigenvalue weighted by Gasteiger charge is -2.06. The van der Waals surface area contributed by atoms with E-state index in [0.29, 0.717) is 12.0 Å². The van der Waals surface area contributed by atoms with E-state index in [-0.39, 0.29) is 5.24 Å². The summed E-state index contributed by atoms with van der Waals surface area (Å²) in [6.07, 6.45) is 13.9. The van der Waals surface area contributed by atoms with Crippen LogP contribution in [0.5, 0.6) is 5.75 Å². The van der Waals surface area contributed by atoms with Gasteiger partial charge in [-0.15, -0.1) is 0 Å². The molecule has 3 nitrogen and oxygen atoms in total. The fraction of sp³-hybridized carbons (Fsp3) is 0.619. The van der Waals surface area contributed by atoms with Crippen LogP contribution in [0.25, 0.3) is 0 Å². The van der Waals surface area contributed by atoms with Crippen LogP contribution >= 0.6 is 11.6 Å². The number of unbranched alkanes of at least 4 members (excludes halogenated alkanes) is 10. The van der Waals surface area contributed by atoms with Crippen LogP contribution in [-0.2, 0) is 4.79 Å². The van der Waals surface area contributed by atoms with Crippen LogP contribution < -0.4 is 4.74 Å². The first-order chi connectivity index (χ1) is 12.2. The first-order valence-electron chi connectivity index (χ1n) is 9.53. The molecule has 25 heavy (non-hydrogen) atoms. The summed E-state index contributed by atoms with van der Waals surface area (Å²) in [7, 11) is 0. The van der Waals surface area contributed by atoms with E-state index in [1.54, 1.807) is 12.1 Å². The van der Waals surface area contributed by atoms with Crippen LogP contribution in [0.3, 0.4) is 0 Å². The van der Waals surface area contributed by atoms with Crippen LogP contribution in [0.15, 0.2) is 24.3 Å². The van der Waals surface area contributed by atoms with Gasteiger partial charge in [0.15, 0.2) is 0 Å². The normalized spacial score (nSPS) is 10.4. The Kier molecular flexibility index (Phi) is 12.7. The maximum absolute atomic E-state index is 10.6. The number of hydrogen-bond acceptors (Lipinski definition) is 3. The first-order valence-corrected chi connectivity index (χ1v) is 9.91. The van der Waals surface area contributed by atoms with Crippen molar-refractivity contribution < 1.29 is 9.53 Å². The topological polar surface area (TPSA) is 50.1 Å². The molecule has 1 rings (SSSR count). The van der Waals surface area contributed by atoms with E-state index in [0.717, 1.165) is 31.6 Å². The fourth-order valence-electron chi connectivity index (χ4n) is 2.77. The van der Waals surface area contributed by atoms with Crippen LogP contribution in [0.2, 0.25) is 0 Å². The minimum Gasteiger partial charge on any atom is -0.494 e. The van der Waals surface area contributed by atoms with Crippen LogP contribution in [0.4, 0.5) is 0 Å². The molecule has 0 aliphatic carbocycles. The van der Waals surface area contributed by atoms with Crippen molar-refractivity contribution in [3.63, 3.8) is 0 Å². The van der Waals surface area contributed by atoms with Crippen molar-refractivity contribution >= 4 is 16.8 Å². The summed E-state index contributed by atoms with van der Waals surface area (Å²) in [5, 5.41) is 8.53. The molecule has 0 radical (unpaired) electrons. The molecule has 0 bridgehead atoms. The lowest BCUT2D eigenvalue weighted by molar-refractivity contribution is -0.111. The molecule has 0 aromatic heterocycles. The first kappa shape index (κ1) is 21.5. The average Bonchev–Trinajstić information content (AvgIpc) is 2.62. The lowest BCUT2D eigenvalue weighted by atomic mass is 10.1. The maximum Gasteiger partial charge on any atom is 0.221 e. The molecule has 0 N–H and O–H groups in total. The van der Waals surface area contributed by atoms with E-state index < -0.39 is 0 Å². The molecule has 0 aliphatic rings. The van der Waals surface area contributed by atoms with E-state index in [9.17, 15) is 4.79 Å². The Bertz CT molecular complexity index is 508. The van der Waals surface area contributed by atoms with Gasteiger partial charge < -0.3 is 4.74 Å². The summed E-state index contributed by atoms with van der Waals surface area (Å²) in [5.74, 6) is 0.842. The van der Waals surface area contributed by atoms with Crippen molar-refractivity contribution in [2.75, 3.05) is 6.61 Å². The van der Waals surface area contributed by atoms with Gasteiger partial charge in [-0.3, -0.25) is 4.79 Å². The van der Waals surface area contributed by atoms with Gasteiger partial charge in [-0.1, -0.05) is 57.8 Å². The van der Waals surface area contributed by atoms with Crippen molar-refractivity contribution in [1.82, 2.24) is 0 Å². The number of nitriles is 1. The largest absolute Gasteiger partial charge is 0.494 e. The second kappa shape index (κ2) is 14.8. The lowest BCUT2D eigenvalue weighted by Crippen LogP contribution is -1.97. The predicted molar refractivity (Wildman–Crippen MR) is 103 cm³/mol. The van der Waals surface area contributed by atoms with Gasteiger partial charge in [-0.25, -0.2) is 0 Å². The highest BCUT2D eigenvalue weighted by Gasteiger charge is 1.97. The molecule has 138 valence electrons. The predicted octanol–water partition coefficient (Wildman–Crippen LogP) is 6.38. The maximum atomic E-state index is 10.6. The highest BCUT2D eigenvalue weighted by molar-refractivity contribution is 6.63. The highest BCUT2D eigenvalue weighted by Crippen LogP contribution is 2.14. The second-order valence-electron chi connectivity index (χ2n) is 6.48. The molecule has 0 saturated heterocycles. The fourth-order valence-corrected chi connectivity index (χ4v) is 2.91. The number of halogens is 1.